The lowest BCUT2D eigenvalue weighted by Gasteiger charge is -2.24. The highest BCUT2D eigenvalue weighted by Crippen LogP contribution is 2.46. The van der Waals surface area contributed by atoms with Gasteiger partial charge < -0.3 is 19.3 Å². The lowest BCUT2D eigenvalue weighted by molar-refractivity contribution is -0.132. The Balaban J connectivity index is 1.47. The monoisotopic (exact) mass is 624 g/mol. The van der Waals surface area contributed by atoms with Crippen molar-refractivity contribution in [2.75, 3.05) is 18.1 Å². The van der Waals surface area contributed by atoms with Gasteiger partial charge in [-0.05, 0) is 79.6 Å². The van der Waals surface area contributed by atoms with Crippen LogP contribution in [-0.2, 0) is 16.2 Å². The second-order valence-electron chi connectivity index (χ2n) is 10.1. The number of benzene rings is 4. The van der Waals surface area contributed by atoms with Crippen LogP contribution in [0, 0.1) is 5.82 Å². The molecule has 1 saturated heterocycles. The van der Waals surface area contributed by atoms with Crippen molar-refractivity contribution in [3.63, 3.8) is 0 Å². The first-order valence-electron chi connectivity index (χ1n) is 14.4. The first-order valence-corrected chi connectivity index (χ1v) is 15.2. The van der Waals surface area contributed by atoms with E-state index in [1.807, 2.05) is 44.2 Å². The third kappa shape index (κ3) is 5.97. The summed E-state index contributed by atoms with van der Waals surface area (Å²) in [5, 5.41) is 11.7. The number of anilines is 1. The number of aliphatic hydroxyl groups is 1. The van der Waals surface area contributed by atoms with Gasteiger partial charge in [-0.15, -0.1) is 0 Å². The highest BCUT2D eigenvalue weighted by molar-refractivity contribution is 7.22. The topological polar surface area (TPSA) is 98.2 Å². The molecule has 1 fully saturated rings. The number of thiazole rings is 1. The molecule has 0 spiro atoms. The summed E-state index contributed by atoms with van der Waals surface area (Å²) in [6.07, 6.45) is 0. The minimum Gasteiger partial charge on any atom is -0.507 e. The number of aliphatic hydroxyl groups excluding tert-OH is 1. The molecule has 8 nitrogen and oxygen atoms in total. The number of halogens is 1. The van der Waals surface area contributed by atoms with Crippen LogP contribution >= 0.6 is 11.3 Å². The van der Waals surface area contributed by atoms with E-state index < -0.39 is 23.5 Å². The summed E-state index contributed by atoms with van der Waals surface area (Å²) < 4.78 is 32.1. The zero-order chi connectivity index (χ0) is 31.5. The average molecular weight is 625 g/mol. The lowest BCUT2D eigenvalue weighted by Crippen LogP contribution is -2.29. The fraction of sp³-hybridized carbons (Fsp3) is 0.171. The summed E-state index contributed by atoms with van der Waals surface area (Å²) >= 11 is 1.08. The molecule has 0 radical (unpaired) electrons. The minimum atomic E-state index is -1.07. The fourth-order valence-electron chi connectivity index (χ4n) is 5.18. The number of Topliss-reactive ketones (excluding diaryl/α,β-unsaturated/α-hetero) is 1. The highest BCUT2D eigenvalue weighted by atomic mass is 32.1. The molecule has 1 aliphatic rings. The van der Waals surface area contributed by atoms with Gasteiger partial charge in [-0.2, -0.15) is 0 Å². The second kappa shape index (κ2) is 12.8. The maximum atomic E-state index is 14.0. The smallest absolute Gasteiger partial charge is 0.301 e. The van der Waals surface area contributed by atoms with Gasteiger partial charge in [0.2, 0.25) is 0 Å². The molecule has 1 amide bonds. The third-order valence-corrected chi connectivity index (χ3v) is 8.27. The predicted molar refractivity (Wildman–Crippen MR) is 170 cm³/mol. The van der Waals surface area contributed by atoms with Crippen LogP contribution < -0.4 is 19.1 Å². The van der Waals surface area contributed by atoms with E-state index in [-0.39, 0.29) is 16.5 Å². The average Bonchev–Trinajstić information content (AvgIpc) is 3.58. The van der Waals surface area contributed by atoms with Crippen molar-refractivity contribution in [2.24, 2.45) is 0 Å². The number of carbonyl (C=O) groups excluding carboxylic acids is 2. The van der Waals surface area contributed by atoms with E-state index in [0.29, 0.717) is 58.4 Å². The van der Waals surface area contributed by atoms with Gasteiger partial charge in [-0.25, -0.2) is 9.37 Å². The molecule has 0 bridgehead atoms. The fourth-order valence-corrected chi connectivity index (χ4v) is 6.20. The standard InChI is InChI=1S/C35H29FN2O6S/c1-3-42-25-14-10-22(11-15-25)32(39)30-31(38(34(41)33(30)40)35-37-26-16-13-24(36)19-29(26)45-35)23-12-17-27(28(18-23)43-4-2)44-20-21-8-6-5-7-9-21/h5-19,31,39H,3-4,20H2,1-2H3. The number of ketones is 1. The number of hydrogen-bond donors (Lipinski definition) is 1. The first kappa shape index (κ1) is 29.8. The largest absolute Gasteiger partial charge is 0.507 e. The Hall–Kier alpha value is -5.22. The molecule has 1 atom stereocenters. The molecular weight excluding hydrogens is 595 g/mol. The molecule has 5 aromatic rings. The number of hydrogen-bond acceptors (Lipinski definition) is 8. The SMILES string of the molecule is CCOc1ccc(C(O)=C2C(=O)C(=O)N(c3nc4ccc(F)cc4s3)C2c2ccc(OCc3ccccc3)c(OCC)c2)cc1. The summed E-state index contributed by atoms with van der Waals surface area (Å²) in [5.41, 5.74) is 2.15. The van der Waals surface area contributed by atoms with Gasteiger partial charge in [-0.3, -0.25) is 14.5 Å². The van der Waals surface area contributed by atoms with Crippen molar-refractivity contribution in [3.8, 4) is 17.2 Å². The summed E-state index contributed by atoms with van der Waals surface area (Å²) in [4.78, 5) is 33.2. The number of rotatable bonds is 10. The molecule has 0 aliphatic carbocycles. The molecular formula is C35H29FN2O6S. The zero-order valence-electron chi connectivity index (χ0n) is 24.5. The summed E-state index contributed by atoms with van der Waals surface area (Å²) in [6.45, 7) is 4.81. The van der Waals surface area contributed by atoms with E-state index in [1.54, 1.807) is 42.5 Å². The summed E-state index contributed by atoms with van der Waals surface area (Å²) in [5.74, 6) is -1.06. The van der Waals surface area contributed by atoms with E-state index in [1.165, 1.54) is 23.1 Å². The third-order valence-electron chi connectivity index (χ3n) is 7.25. The molecule has 1 aliphatic heterocycles. The Morgan fingerprint density at radius 3 is 2.38 bits per heavy atom. The molecule has 4 aromatic carbocycles. The van der Waals surface area contributed by atoms with E-state index >= 15 is 0 Å². The first-order chi connectivity index (χ1) is 21.9. The van der Waals surface area contributed by atoms with Crippen molar-refractivity contribution in [1.29, 1.82) is 0 Å². The minimum absolute atomic E-state index is 0.116. The van der Waals surface area contributed by atoms with Gasteiger partial charge in [0.1, 0.15) is 23.9 Å². The van der Waals surface area contributed by atoms with E-state index in [9.17, 15) is 19.1 Å². The Morgan fingerprint density at radius 1 is 0.889 bits per heavy atom. The Morgan fingerprint density at radius 2 is 1.64 bits per heavy atom. The molecule has 228 valence electrons. The van der Waals surface area contributed by atoms with Crippen LogP contribution in [0.4, 0.5) is 9.52 Å². The van der Waals surface area contributed by atoms with Crippen LogP contribution in [0.2, 0.25) is 0 Å². The Kier molecular flexibility index (Phi) is 8.48. The van der Waals surface area contributed by atoms with Crippen LogP contribution in [-0.4, -0.2) is 35.0 Å². The predicted octanol–water partition coefficient (Wildman–Crippen LogP) is 7.44. The van der Waals surface area contributed by atoms with Crippen molar-refractivity contribution in [1.82, 2.24) is 4.98 Å². The molecule has 45 heavy (non-hydrogen) atoms. The maximum Gasteiger partial charge on any atom is 0.301 e. The van der Waals surface area contributed by atoms with Crippen LogP contribution in [0.5, 0.6) is 17.2 Å². The number of carbonyl (C=O) groups is 2. The molecule has 2 heterocycles. The van der Waals surface area contributed by atoms with Gasteiger partial charge in [0.15, 0.2) is 16.6 Å². The van der Waals surface area contributed by atoms with Gasteiger partial charge in [0, 0.05) is 5.56 Å². The molecule has 6 rings (SSSR count). The second-order valence-corrected chi connectivity index (χ2v) is 11.2. The maximum absolute atomic E-state index is 14.0. The van der Waals surface area contributed by atoms with Crippen molar-refractivity contribution < 1.29 is 33.3 Å². The van der Waals surface area contributed by atoms with E-state index in [0.717, 1.165) is 16.9 Å². The molecule has 1 aromatic heterocycles. The molecule has 10 heteroatoms. The Labute approximate surface area is 262 Å². The van der Waals surface area contributed by atoms with Crippen LogP contribution in [0.15, 0.2) is 96.6 Å². The number of nitrogens with zero attached hydrogens (tertiary/aromatic N) is 2. The normalized spacial score (nSPS) is 15.9. The van der Waals surface area contributed by atoms with Crippen molar-refractivity contribution in [2.45, 2.75) is 26.5 Å². The van der Waals surface area contributed by atoms with E-state index in [4.69, 9.17) is 14.2 Å². The number of amides is 1. The van der Waals surface area contributed by atoms with Gasteiger partial charge >= 0.3 is 5.91 Å². The number of ether oxygens (including phenoxy) is 3. The summed E-state index contributed by atoms with van der Waals surface area (Å²) in [7, 11) is 0. The molecule has 0 saturated carbocycles. The summed E-state index contributed by atoms with van der Waals surface area (Å²) in [6, 6.07) is 24.5. The van der Waals surface area contributed by atoms with Gasteiger partial charge in [0.25, 0.3) is 5.78 Å². The van der Waals surface area contributed by atoms with Gasteiger partial charge in [-0.1, -0.05) is 47.7 Å². The molecule has 1 unspecified atom stereocenters. The van der Waals surface area contributed by atoms with Crippen molar-refractivity contribution >= 4 is 44.1 Å². The van der Waals surface area contributed by atoms with Crippen LogP contribution in [0.1, 0.15) is 36.6 Å². The number of aromatic nitrogens is 1. The number of fused-ring (bicyclic) bond motifs is 1. The van der Waals surface area contributed by atoms with E-state index in [2.05, 4.69) is 4.98 Å². The van der Waals surface area contributed by atoms with Crippen LogP contribution in [0.3, 0.4) is 0 Å². The quantitative estimate of drug-likeness (QED) is 0.0980. The van der Waals surface area contributed by atoms with Crippen LogP contribution in [0.25, 0.3) is 16.0 Å². The Bertz CT molecular complexity index is 1910. The lowest BCUT2D eigenvalue weighted by atomic mass is 9.95. The molecule has 1 N–H and O–H groups in total. The zero-order valence-corrected chi connectivity index (χ0v) is 25.3. The highest BCUT2D eigenvalue weighted by Gasteiger charge is 2.48. The van der Waals surface area contributed by atoms with Crippen molar-refractivity contribution in [3.05, 3.63) is 119 Å². The van der Waals surface area contributed by atoms with Gasteiger partial charge in [0.05, 0.1) is 35.0 Å².